The van der Waals surface area contributed by atoms with Gasteiger partial charge in [0.2, 0.25) is 0 Å². The summed E-state index contributed by atoms with van der Waals surface area (Å²) in [6, 6.07) is 13.4. The first-order valence-electron chi connectivity index (χ1n) is 9.17. The van der Waals surface area contributed by atoms with E-state index >= 15 is 0 Å². The zero-order valence-corrected chi connectivity index (χ0v) is 17.8. The van der Waals surface area contributed by atoms with Gasteiger partial charge >= 0.3 is 6.03 Å². The van der Waals surface area contributed by atoms with Gasteiger partial charge in [-0.05, 0) is 48.9 Å². The van der Waals surface area contributed by atoms with Crippen molar-refractivity contribution in [3.8, 4) is 11.5 Å². The number of urea groups is 1. The minimum absolute atomic E-state index is 0.171. The fraction of sp³-hybridized carbons (Fsp3) is 0.238. The summed E-state index contributed by atoms with van der Waals surface area (Å²) in [5.74, 6) is 1.48. The summed E-state index contributed by atoms with van der Waals surface area (Å²) in [4.78, 5) is 19.7. The number of aromatic nitrogens is 1. The largest absolute Gasteiger partial charge is 0.486 e. The Bertz CT molecular complexity index is 1000. The van der Waals surface area contributed by atoms with Crippen LogP contribution >= 0.6 is 23.1 Å². The molecule has 0 atom stereocenters. The van der Waals surface area contributed by atoms with Gasteiger partial charge < -0.3 is 19.7 Å². The molecule has 29 heavy (non-hydrogen) atoms. The van der Waals surface area contributed by atoms with Crippen molar-refractivity contribution in [2.75, 3.05) is 25.6 Å². The second-order valence-corrected chi connectivity index (χ2v) is 8.82. The molecule has 0 unspecified atom stereocenters. The van der Waals surface area contributed by atoms with E-state index in [0.717, 1.165) is 37.7 Å². The van der Waals surface area contributed by atoms with Crippen LogP contribution in [0.4, 0.5) is 10.5 Å². The monoisotopic (exact) mass is 427 g/mol. The van der Waals surface area contributed by atoms with Crippen LogP contribution in [0.5, 0.6) is 11.5 Å². The molecule has 2 heterocycles. The van der Waals surface area contributed by atoms with Crippen molar-refractivity contribution < 1.29 is 14.3 Å². The van der Waals surface area contributed by atoms with Gasteiger partial charge in [-0.1, -0.05) is 17.8 Å². The van der Waals surface area contributed by atoms with Gasteiger partial charge in [-0.2, -0.15) is 0 Å². The first kappa shape index (κ1) is 19.6. The predicted molar refractivity (Wildman–Crippen MR) is 115 cm³/mol. The van der Waals surface area contributed by atoms with Gasteiger partial charge in [-0.25, -0.2) is 9.78 Å². The molecule has 0 spiro atoms. The summed E-state index contributed by atoms with van der Waals surface area (Å²) in [5, 5.41) is 4.96. The first-order chi connectivity index (χ1) is 14.1. The van der Waals surface area contributed by atoms with Gasteiger partial charge in [0.25, 0.3) is 0 Å². The molecular formula is C21H21N3O3S2. The lowest BCUT2D eigenvalue weighted by Gasteiger charge is -2.21. The number of ether oxygens (including phenoxy) is 2. The van der Waals surface area contributed by atoms with Crippen LogP contribution in [0.15, 0.2) is 57.1 Å². The Hall–Kier alpha value is -2.71. The lowest BCUT2D eigenvalue weighted by atomic mass is 10.2. The number of carbonyl (C=O) groups excluding carboxylic acids is 1. The second-order valence-electron chi connectivity index (χ2n) is 6.65. The third-order valence-corrected chi connectivity index (χ3v) is 6.35. The van der Waals surface area contributed by atoms with E-state index in [1.807, 2.05) is 54.8 Å². The minimum Gasteiger partial charge on any atom is -0.486 e. The zero-order chi connectivity index (χ0) is 20.2. The van der Waals surface area contributed by atoms with Gasteiger partial charge in [0.1, 0.15) is 13.2 Å². The van der Waals surface area contributed by atoms with E-state index < -0.39 is 0 Å². The average molecular weight is 428 g/mol. The van der Waals surface area contributed by atoms with Crippen molar-refractivity contribution in [3.63, 3.8) is 0 Å². The SMILES string of the molecule is Cc1csc(Sc2ccc(NC(=O)N(C)Cc3ccc4c(c3)OCCO4)cc2)n1. The molecule has 0 radical (unpaired) electrons. The van der Waals surface area contributed by atoms with Crippen LogP contribution in [0.3, 0.4) is 0 Å². The molecule has 1 aliphatic heterocycles. The number of thiazole rings is 1. The van der Waals surface area contributed by atoms with E-state index in [2.05, 4.69) is 10.3 Å². The Labute approximate surface area is 177 Å². The number of nitrogens with one attached hydrogen (secondary N) is 1. The molecule has 8 heteroatoms. The standard InChI is InChI=1S/C21H21N3O3S2/c1-14-13-28-21(22-14)29-17-6-4-16(5-7-17)23-20(25)24(2)12-15-3-8-18-19(11-15)27-10-9-26-18/h3-8,11,13H,9-10,12H2,1-2H3,(H,23,25). The summed E-state index contributed by atoms with van der Waals surface area (Å²) in [6.45, 7) is 3.57. The highest BCUT2D eigenvalue weighted by Gasteiger charge is 2.14. The number of amides is 2. The van der Waals surface area contributed by atoms with Gasteiger partial charge in [-0.3, -0.25) is 0 Å². The molecule has 0 bridgehead atoms. The summed E-state index contributed by atoms with van der Waals surface area (Å²) in [6.07, 6.45) is 0. The average Bonchev–Trinajstić information content (AvgIpc) is 3.14. The summed E-state index contributed by atoms with van der Waals surface area (Å²) in [7, 11) is 1.77. The Kier molecular flexibility index (Phi) is 5.92. The van der Waals surface area contributed by atoms with Crippen molar-refractivity contribution >= 4 is 34.8 Å². The number of hydrogen-bond donors (Lipinski definition) is 1. The van der Waals surface area contributed by atoms with Gasteiger partial charge in [0.05, 0.1) is 0 Å². The number of nitrogens with zero attached hydrogens (tertiary/aromatic N) is 2. The predicted octanol–water partition coefficient (Wildman–Crippen LogP) is 5.04. The van der Waals surface area contributed by atoms with E-state index in [1.54, 1.807) is 35.0 Å². The Balaban J connectivity index is 1.33. The van der Waals surface area contributed by atoms with Gasteiger partial charge in [0.15, 0.2) is 15.8 Å². The highest BCUT2D eigenvalue weighted by atomic mass is 32.2. The molecule has 3 aromatic rings. The molecular weight excluding hydrogens is 406 g/mol. The highest BCUT2D eigenvalue weighted by molar-refractivity contribution is 8.01. The van der Waals surface area contributed by atoms with Crippen LogP contribution in [0.1, 0.15) is 11.3 Å². The summed E-state index contributed by atoms with van der Waals surface area (Å²) >= 11 is 3.25. The van der Waals surface area contributed by atoms with Crippen molar-refractivity contribution in [2.45, 2.75) is 22.7 Å². The molecule has 0 fully saturated rings. The molecule has 1 aliphatic rings. The van der Waals surface area contributed by atoms with Crippen LogP contribution in [0.2, 0.25) is 0 Å². The Morgan fingerprint density at radius 2 is 1.93 bits per heavy atom. The van der Waals surface area contributed by atoms with Crippen molar-refractivity contribution in [1.82, 2.24) is 9.88 Å². The first-order valence-corrected chi connectivity index (χ1v) is 10.9. The molecule has 4 rings (SSSR count). The van der Waals surface area contributed by atoms with Gasteiger partial charge in [-0.15, -0.1) is 11.3 Å². The van der Waals surface area contributed by atoms with Crippen LogP contribution in [0.25, 0.3) is 0 Å². The highest BCUT2D eigenvalue weighted by Crippen LogP contribution is 2.32. The molecule has 2 amide bonds. The smallest absolute Gasteiger partial charge is 0.321 e. The van der Waals surface area contributed by atoms with Crippen LogP contribution in [-0.4, -0.2) is 36.2 Å². The molecule has 6 nitrogen and oxygen atoms in total. The van der Waals surface area contributed by atoms with Crippen LogP contribution in [0, 0.1) is 6.92 Å². The quantitative estimate of drug-likeness (QED) is 0.618. The lowest BCUT2D eigenvalue weighted by molar-refractivity contribution is 0.171. The molecule has 1 N–H and O–H groups in total. The molecule has 1 aromatic heterocycles. The lowest BCUT2D eigenvalue weighted by Crippen LogP contribution is -2.30. The number of anilines is 1. The van der Waals surface area contributed by atoms with Crippen LogP contribution in [-0.2, 0) is 6.54 Å². The second kappa shape index (κ2) is 8.75. The maximum absolute atomic E-state index is 12.5. The fourth-order valence-electron chi connectivity index (χ4n) is 2.84. The molecule has 2 aromatic carbocycles. The zero-order valence-electron chi connectivity index (χ0n) is 16.2. The maximum Gasteiger partial charge on any atom is 0.321 e. The number of aryl methyl sites for hydroxylation is 1. The number of hydrogen-bond acceptors (Lipinski definition) is 6. The van der Waals surface area contributed by atoms with E-state index in [9.17, 15) is 4.79 Å². The summed E-state index contributed by atoms with van der Waals surface area (Å²) < 4.78 is 12.2. The van der Waals surface area contributed by atoms with Crippen molar-refractivity contribution in [2.24, 2.45) is 0 Å². The molecule has 150 valence electrons. The normalized spacial score (nSPS) is 12.5. The van der Waals surface area contributed by atoms with E-state index in [1.165, 1.54) is 0 Å². The van der Waals surface area contributed by atoms with Crippen LogP contribution < -0.4 is 14.8 Å². The van der Waals surface area contributed by atoms with Crippen molar-refractivity contribution in [1.29, 1.82) is 0 Å². The summed E-state index contributed by atoms with van der Waals surface area (Å²) in [5.41, 5.74) is 2.77. The van der Waals surface area contributed by atoms with E-state index in [4.69, 9.17) is 9.47 Å². The minimum atomic E-state index is -0.171. The van der Waals surface area contributed by atoms with E-state index in [0.29, 0.717) is 19.8 Å². The fourth-order valence-corrected chi connectivity index (χ4v) is 4.65. The number of fused-ring (bicyclic) bond motifs is 1. The molecule has 0 aliphatic carbocycles. The third kappa shape index (κ3) is 5.02. The van der Waals surface area contributed by atoms with Gasteiger partial charge in [0, 0.05) is 35.2 Å². The molecule has 0 saturated carbocycles. The number of benzene rings is 2. The van der Waals surface area contributed by atoms with E-state index in [-0.39, 0.29) is 6.03 Å². The Morgan fingerprint density at radius 3 is 2.66 bits per heavy atom. The molecule has 0 saturated heterocycles. The number of rotatable bonds is 5. The van der Waals surface area contributed by atoms with Crippen molar-refractivity contribution in [3.05, 3.63) is 59.1 Å². The maximum atomic E-state index is 12.5. The Morgan fingerprint density at radius 1 is 1.17 bits per heavy atom. The third-order valence-electron chi connectivity index (χ3n) is 4.28. The topological polar surface area (TPSA) is 63.7 Å². The number of carbonyl (C=O) groups is 1.